The van der Waals surface area contributed by atoms with Crippen molar-refractivity contribution in [2.24, 2.45) is 0 Å². The third-order valence-corrected chi connectivity index (χ3v) is 4.25. The highest BCUT2D eigenvalue weighted by molar-refractivity contribution is 6.06. The van der Waals surface area contributed by atoms with Crippen LogP contribution >= 0.6 is 0 Å². The number of amides is 2. The number of carbonyl (C=O) groups is 4. The van der Waals surface area contributed by atoms with Gasteiger partial charge in [-0.3, -0.25) is 14.4 Å². The highest BCUT2D eigenvalue weighted by Gasteiger charge is 2.36. The minimum Gasteiger partial charge on any atom is -0.478 e. The van der Waals surface area contributed by atoms with Crippen molar-refractivity contribution in [2.75, 3.05) is 13.1 Å². The van der Waals surface area contributed by atoms with E-state index < -0.39 is 29.8 Å². The lowest BCUT2D eigenvalue weighted by atomic mass is 10.0. The lowest BCUT2D eigenvalue weighted by Crippen LogP contribution is -2.58. The number of carbonyl (C=O) groups excluding carboxylic acids is 3. The summed E-state index contributed by atoms with van der Waals surface area (Å²) in [6, 6.07) is 4.76. The van der Waals surface area contributed by atoms with Gasteiger partial charge in [0, 0.05) is 13.1 Å². The Morgan fingerprint density at radius 3 is 2.58 bits per heavy atom. The van der Waals surface area contributed by atoms with Crippen molar-refractivity contribution in [3.8, 4) is 0 Å². The summed E-state index contributed by atoms with van der Waals surface area (Å²) in [5.74, 6) is -2.87. The largest absolute Gasteiger partial charge is 0.478 e. The highest BCUT2D eigenvalue weighted by Crippen LogP contribution is 2.18. The molecule has 0 bridgehead atoms. The highest BCUT2D eigenvalue weighted by atomic mass is 16.5. The van der Waals surface area contributed by atoms with Crippen LogP contribution in [0.2, 0.25) is 0 Å². The van der Waals surface area contributed by atoms with Gasteiger partial charge in [0.25, 0.3) is 5.91 Å². The van der Waals surface area contributed by atoms with Gasteiger partial charge in [-0.2, -0.15) is 0 Å². The number of piperazine rings is 1. The van der Waals surface area contributed by atoms with Crippen LogP contribution < -0.4 is 5.32 Å². The lowest BCUT2D eigenvalue weighted by molar-refractivity contribution is -0.151. The van der Waals surface area contributed by atoms with Gasteiger partial charge in [0.2, 0.25) is 5.91 Å². The molecule has 8 nitrogen and oxygen atoms in total. The molecule has 2 rings (SSSR count). The van der Waals surface area contributed by atoms with Gasteiger partial charge in [-0.1, -0.05) is 19.1 Å². The van der Waals surface area contributed by atoms with Crippen molar-refractivity contribution in [3.63, 3.8) is 0 Å². The average molecular weight is 362 g/mol. The summed E-state index contributed by atoms with van der Waals surface area (Å²) in [6.45, 7) is 4.02. The fourth-order valence-corrected chi connectivity index (χ4v) is 2.69. The first-order chi connectivity index (χ1) is 12.3. The minimum atomic E-state index is -1.23. The topological polar surface area (TPSA) is 113 Å². The fraction of sp³-hybridized carbons (Fsp3) is 0.444. The van der Waals surface area contributed by atoms with Gasteiger partial charge in [-0.05, 0) is 25.5 Å². The van der Waals surface area contributed by atoms with E-state index in [1.807, 2.05) is 6.92 Å². The molecule has 2 amide bonds. The van der Waals surface area contributed by atoms with Crippen molar-refractivity contribution in [3.05, 3.63) is 35.4 Å². The molecule has 0 aliphatic carbocycles. The van der Waals surface area contributed by atoms with Crippen LogP contribution in [0.4, 0.5) is 0 Å². The van der Waals surface area contributed by atoms with Crippen LogP contribution in [0.1, 0.15) is 47.4 Å². The second kappa shape index (κ2) is 8.46. The Hall–Kier alpha value is -2.90. The maximum atomic E-state index is 12.9. The Labute approximate surface area is 151 Å². The first-order valence-corrected chi connectivity index (χ1v) is 8.45. The summed E-state index contributed by atoms with van der Waals surface area (Å²) < 4.78 is 5.20. The predicted molar refractivity (Wildman–Crippen MR) is 91.7 cm³/mol. The average Bonchev–Trinajstić information content (AvgIpc) is 2.62. The Kier molecular flexibility index (Phi) is 6.32. The monoisotopic (exact) mass is 362 g/mol. The first kappa shape index (κ1) is 19.4. The van der Waals surface area contributed by atoms with Crippen LogP contribution in [-0.4, -0.2) is 59.0 Å². The number of aromatic carboxylic acids is 1. The molecule has 1 fully saturated rings. The molecular weight excluding hydrogens is 340 g/mol. The van der Waals surface area contributed by atoms with Crippen LogP contribution in [0.25, 0.3) is 0 Å². The summed E-state index contributed by atoms with van der Waals surface area (Å²) in [4.78, 5) is 49.8. The van der Waals surface area contributed by atoms with Gasteiger partial charge in [0.15, 0.2) is 0 Å². The van der Waals surface area contributed by atoms with E-state index in [1.165, 1.54) is 23.1 Å². The van der Waals surface area contributed by atoms with Crippen molar-refractivity contribution in [1.29, 1.82) is 0 Å². The van der Waals surface area contributed by atoms with E-state index in [4.69, 9.17) is 4.74 Å². The summed E-state index contributed by atoms with van der Waals surface area (Å²) in [6.07, 6.45) is 0.0695. The number of benzene rings is 1. The lowest BCUT2D eigenvalue weighted by Gasteiger charge is -2.35. The molecule has 1 aliphatic heterocycles. The van der Waals surface area contributed by atoms with E-state index >= 15 is 0 Å². The molecule has 1 aliphatic rings. The number of nitrogens with zero attached hydrogens (tertiary/aromatic N) is 1. The van der Waals surface area contributed by atoms with E-state index in [0.717, 1.165) is 0 Å². The van der Waals surface area contributed by atoms with Gasteiger partial charge in [0.05, 0.1) is 23.7 Å². The summed E-state index contributed by atoms with van der Waals surface area (Å²) in [5.41, 5.74) is -0.167. The smallest absolute Gasteiger partial charge is 0.336 e. The fourth-order valence-electron chi connectivity index (χ4n) is 2.69. The number of hydrogen-bond donors (Lipinski definition) is 2. The van der Waals surface area contributed by atoms with E-state index in [-0.39, 0.29) is 36.7 Å². The quantitative estimate of drug-likeness (QED) is 0.732. The first-order valence-electron chi connectivity index (χ1n) is 8.45. The molecule has 2 unspecified atom stereocenters. The number of rotatable bonds is 6. The molecule has 0 radical (unpaired) electrons. The number of hydrogen-bond acceptors (Lipinski definition) is 5. The predicted octanol–water partition coefficient (Wildman–Crippen LogP) is 1.06. The number of ether oxygens (including phenoxy) is 1. The molecule has 0 spiro atoms. The zero-order valence-electron chi connectivity index (χ0n) is 14.7. The SMILES string of the molecule is CCC(C)OC(=O)CC1C(=O)NCCN1C(=O)c1ccccc1C(=O)O. The second-order valence-corrected chi connectivity index (χ2v) is 6.07. The third kappa shape index (κ3) is 4.38. The molecule has 26 heavy (non-hydrogen) atoms. The third-order valence-electron chi connectivity index (χ3n) is 4.25. The normalized spacial score (nSPS) is 18.0. The molecule has 1 aromatic carbocycles. The molecule has 0 aromatic heterocycles. The van der Waals surface area contributed by atoms with Crippen molar-refractivity contribution < 1.29 is 29.0 Å². The van der Waals surface area contributed by atoms with Crippen LogP contribution in [0, 0.1) is 0 Å². The number of esters is 1. The standard InChI is InChI=1S/C18H22N2O6/c1-3-11(2)26-15(21)10-14-16(22)19-8-9-20(14)17(23)12-6-4-5-7-13(12)18(24)25/h4-7,11,14H,3,8-10H2,1-2H3,(H,19,22)(H,24,25). The van der Waals surface area contributed by atoms with Gasteiger partial charge >= 0.3 is 11.9 Å². The number of nitrogens with one attached hydrogen (secondary N) is 1. The van der Waals surface area contributed by atoms with Gasteiger partial charge in [-0.25, -0.2) is 4.79 Å². The molecule has 8 heteroatoms. The van der Waals surface area contributed by atoms with Crippen LogP contribution in [0.3, 0.4) is 0 Å². The van der Waals surface area contributed by atoms with Gasteiger partial charge in [0.1, 0.15) is 6.04 Å². The number of carboxylic acid groups (broad SMARTS) is 1. The summed E-state index contributed by atoms with van der Waals surface area (Å²) in [5, 5.41) is 11.9. The Bertz CT molecular complexity index is 717. The molecule has 1 aromatic rings. The summed E-state index contributed by atoms with van der Waals surface area (Å²) >= 11 is 0. The van der Waals surface area contributed by atoms with Crippen LogP contribution in [0.5, 0.6) is 0 Å². The van der Waals surface area contributed by atoms with E-state index in [9.17, 15) is 24.3 Å². The molecule has 1 heterocycles. The van der Waals surface area contributed by atoms with Crippen molar-refractivity contribution in [1.82, 2.24) is 10.2 Å². The molecule has 0 saturated carbocycles. The van der Waals surface area contributed by atoms with Crippen molar-refractivity contribution >= 4 is 23.8 Å². The van der Waals surface area contributed by atoms with E-state index in [0.29, 0.717) is 6.42 Å². The van der Waals surface area contributed by atoms with Gasteiger partial charge in [-0.15, -0.1) is 0 Å². The molecule has 2 atom stereocenters. The maximum absolute atomic E-state index is 12.9. The molecule has 140 valence electrons. The summed E-state index contributed by atoms with van der Waals surface area (Å²) in [7, 11) is 0. The molecule has 2 N–H and O–H groups in total. The Balaban J connectivity index is 2.24. The minimum absolute atomic E-state index is 0.0185. The zero-order valence-corrected chi connectivity index (χ0v) is 14.7. The van der Waals surface area contributed by atoms with Crippen molar-refractivity contribution in [2.45, 2.75) is 38.8 Å². The number of carboxylic acids is 1. The maximum Gasteiger partial charge on any atom is 0.336 e. The second-order valence-electron chi connectivity index (χ2n) is 6.07. The Morgan fingerprint density at radius 1 is 1.31 bits per heavy atom. The zero-order chi connectivity index (χ0) is 19.3. The van der Waals surface area contributed by atoms with E-state index in [2.05, 4.69) is 5.32 Å². The Morgan fingerprint density at radius 2 is 1.96 bits per heavy atom. The van der Waals surface area contributed by atoms with Gasteiger partial charge < -0.3 is 20.1 Å². The molecular formula is C18H22N2O6. The molecule has 1 saturated heterocycles. The van der Waals surface area contributed by atoms with Crippen LogP contribution in [-0.2, 0) is 14.3 Å². The van der Waals surface area contributed by atoms with E-state index in [1.54, 1.807) is 13.0 Å². The van der Waals surface area contributed by atoms with Crippen LogP contribution in [0.15, 0.2) is 24.3 Å².